The van der Waals surface area contributed by atoms with E-state index in [1.54, 1.807) is 12.1 Å². The third kappa shape index (κ3) is 4.74. The van der Waals surface area contributed by atoms with Crippen LogP contribution in [0, 0.1) is 21.4 Å². The minimum Gasteiger partial charge on any atom is -0.381 e. The van der Waals surface area contributed by atoms with Crippen LogP contribution in [0.1, 0.15) is 11.1 Å². The van der Waals surface area contributed by atoms with Crippen molar-refractivity contribution in [3.63, 3.8) is 0 Å². The summed E-state index contributed by atoms with van der Waals surface area (Å²) in [7, 11) is 0. The monoisotopic (exact) mass is 357 g/mol. The number of rotatable bonds is 6. The summed E-state index contributed by atoms with van der Waals surface area (Å²) < 4.78 is 0. The van der Waals surface area contributed by atoms with Crippen molar-refractivity contribution in [3.8, 4) is 6.07 Å². The van der Waals surface area contributed by atoms with Crippen molar-refractivity contribution in [1.29, 1.82) is 5.26 Å². The van der Waals surface area contributed by atoms with Gasteiger partial charge in [0.15, 0.2) is 0 Å². The molecule has 0 bridgehead atoms. The Morgan fingerprint density at radius 2 is 1.74 bits per heavy atom. The van der Waals surface area contributed by atoms with Gasteiger partial charge in [0.25, 0.3) is 5.69 Å². The zero-order valence-corrected chi connectivity index (χ0v) is 14.2. The van der Waals surface area contributed by atoms with Gasteiger partial charge < -0.3 is 5.32 Å². The van der Waals surface area contributed by atoms with Gasteiger partial charge in [0.2, 0.25) is 0 Å². The first kappa shape index (κ1) is 17.8. The highest BCUT2D eigenvalue weighted by Gasteiger charge is 2.10. The fraction of sp³-hybridized carbons (Fsp3) is 0.0500. The van der Waals surface area contributed by atoms with Crippen LogP contribution in [-0.2, 0) is 6.54 Å². The number of nitro groups is 1. The van der Waals surface area contributed by atoms with E-state index in [1.165, 1.54) is 23.8 Å². The van der Waals surface area contributed by atoms with E-state index in [0.717, 1.165) is 12.2 Å². The van der Waals surface area contributed by atoms with Crippen LogP contribution in [0.5, 0.6) is 0 Å². The van der Waals surface area contributed by atoms with E-state index >= 15 is 0 Å². The number of nitro benzene ring substituents is 1. The standard InChI is InChI=1S/C20H15N5O2/c21-13-16-12-19(25(26)27)10-11-20(16)24-23-18-8-6-17(7-9-18)22-14-15-4-2-1-3-5-15/h1-12,22H,14H2. The number of nitrogens with zero attached hydrogens (tertiary/aromatic N) is 4. The molecule has 0 unspecified atom stereocenters. The lowest BCUT2D eigenvalue weighted by atomic mass is 10.2. The Bertz CT molecular complexity index is 1010. The Morgan fingerprint density at radius 1 is 1.00 bits per heavy atom. The second kappa shape index (κ2) is 8.36. The van der Waals surface area contributed by atoms with Crippen LogP contribution in [-0.4, -0.2) is 4.92 Å². The Labute approximate surface area is 155 Å². The molecule has 3 aromatic carbocycles. The third-order valence-corrected chi connectivity index (χ3v) is 3.79. The summed E-state index contributed by atoms with van der Waals surface area (Å²) in [6.45, 7) is 0.718. The second-order valence-corrected chi connectivity index (χ2v) is 5.66. The van der Waals surface area contributed by atoms with Gasteiger partial charge in [0.05, 0.1) is 16.2 Å². The first-order valence-corrected chi connectivity index (χ1v) is 8.14. The molecule has 0 aliphatic rings. The normalized spacial score (nSPS) is 10.5. The molecule has 0 saturated heterocycles. The van der Waals surface area contributed by atoms with Crippen LogP contribution in [0.15, 0.2) is 83.0 Å². The van der Waals surface area contributed by atoms with Gasteiger partial charge in [-0.15, -0.1) is 5.11 Å². The molecule has 0 atom stereocenters. The summed E-state index contributed by atoms with van der Waals surface area (Å²) in [5.74, 6) is 0. The average Bonchev–Trinajstić information content (AvgIpc) is 2.72. The van der Waals surface area contributed by atoms with Crippen LogP contribution in [0.2, 0.25) is 0 Å². The molecule has 0 aliphatic heterocycles. The Balaban J connectivity index is 1.67. The second-order valence-electron chi connectivity index (χ2n) is 5.66. The molecule has 7 nitrogen and oxygen atoms in total. The van der Waals surface area contributed by atoms with Crippen molar-refractivity contribution >= 4 is 22.7 Å². The number of azo groups is 1. The molecule has 0 fully saturated rings. The van der Waals surface area contributed by atoms with Crippen LogP contribution < -0.4 is 5.32 Å². The van der Waals surface area contributed by atoms with Crippen LogP contribution in [0.3, 0.4) is 0 Å². The zero-order chi connectivity index (χ0) is 19.1. The summed E-state index contributed by atoms with van der Waals surface area (Å²) >= 11 is 0. The Kier molecular flexibility index (Phi) is 5.50. The van der Waals surface area contributed by atoms with Crippen LogP contribution >= 0.6 is 0 Å². The van der Waals surface area contributed by atoms with Crippen molar-refractivity contribution < 1.29 is 4.92 Å². The molecule has 1 N–H and O–H groups in total. The van der Waals surface area contributed by atoms with Gasteiger partial charge in [-0.25, -0.2) is 0 Å². The van der Waals surface area contributed by atoms with E-state index in [0.29, 0.717) is 5.69 Å². The number of nitrogens with one attached hydrogen (secondary N) is 1. The zero-order valence-electron chi connectivity index (χ0n) is 14.2. The lowest BCUT2D eigenvalue weighted by Crippen LogP contribution is -1.98. The maximum Gasteiger partial charge on any atom is 0.270 e. The first-order chi connectivity index (χ1) is 13.2. The van der Waals surface area contributed by atoms with Gasteiger partial charge >= 0.3 is 0 Å². The molecule has 27 heavy (non-hydrogen) atoms. The molecule has 0 aromatic heterocycles. The predicted molar refractivity (Wildman–Crippen MR) is 102 cm³/mol. The Morgan fingerprint density at radius 3 is 2.41 bits per heavy atom. The predicted octanol–water partition coefficient (Wildman–Crippen LogP) is 5.49. The smallest absolute Gasteiger partial charge is 0.270 e. The molecule has 0 amide bonds. The van der Waals surface area contributed by atoms with Crippen molar-refractivity contribution in [1.82, 2.24) is 0 Å². The SMILES string of the molecule is N#Cc1cc([N+](=O)[O-])ccc1N=Nc1ccc(NCc2ccccc2)cc1. The molecule has 3 rings (SSSR count). The number of benzene rings is 3. The van der Waals surface area contributed by atoms with Crippen molar-refractivity contribution in [3.05, 3.63) is 94.0 Å². The van der Waals surface area contributed by atoms with E-state index < -0.39 is 4.92 Å². The molecule has 0 aliphatic carbocycles. The Hall–Kier alpha value is -4.05. The van der Waals surface area contributed by atoms with Crippen molar-refractivity contribution in [2.75, 3.05) is 5.32 Å². The minimum absolute atomic E-state index is 0.106. The van der Waals surface area contributed by atoms with Gasteiger partial charge in [-0.2, -0.15) is 10.4 Å². The number of non-ortho nitro benzene ring substituents is 1. The van der Waals surface area contributed by atoms with Gasteiger partial charge in [0.1, 0.15) is 11.8 Å². The lowest BCUT2D eigenvalue weighted by molar-refractivity contribution is -0.384. The maximum absolute atomic E-state index is 10.8. The van der Waals surface area contributed by atoms with E-state index in [1.807, 2.05) is 48.5 Å². The summed E-state index contributed by atoms with van der Waals surface area (Å²) in [4.78, 5) is 10.2. The number of hydrogen-bond donors (Lipinski definition) is 1. The van der Waals surface area contributed by atoms with E-state index in [9.17, 15) is 10.1 Å². The summed E-state index contributed by atoms with van der Waals surface area (Å²) in [5.41, 5.74) is 2.99. The van der Waals surface area contributed by atoms with Gasteiger partial charge in [-0.1, -0.05) is 30.3 Å². The topological polar surface area (TPSA) is 104 Å². The summed E-state index contributed by atoms with van der Waals surface area (Å²) in [6.07, 6.45) is 0. The minimum atomic E-state index is -0.553. The first-order valence-electron chi connectivity index (χ1n) is 8.14. The molecule has 0 saturated carbocycles. The molecule has 0 spiro atoms. The number of nitriles is 1. The van der Waals surface area contributed by atoms with Gasteiger partial charge in [-0.05, 0) is 35.9 Å². The maximum atomic E-state index is 10.8. The molecule has 0 radical (unpaired) electrons. The van der Waals surface area contributed by atoms with E-state index in [2.05, 4.69) is 15.5 Å². The average molecular weight is 357 g/mol. The molecule has 3 aromatic rings. The molecule has 132 valence electrons. The van der Waals surface area contributed by atoms with Crippen molar-refractivity contribution in [2.24, 2.45) is 10.2 Å². The molecule has 7 heteroatoms. The van der Waals surface area contributed by atoms with E-state index in [-0.39, 0.29) is 16.9 Å². The van der Waals surface area contributed by atoms with Crippen LogP contribution in [0.25, 0.3) is 0 Å². The quantitative estimate of drug-likeness (QED) is 0.357. The highest BCUT2D eigenvalue weighted by atomic mass is 16.6. The number of hydrogen-bond acceptors (Lipinski definition) is 6. The summed E-state index contributed by atoms with van der Waals surface area (Å²) in [6, 6.07) is 23.2. The molecule has 0 heterocycles. The van der Waals surface area contributed by atoms with Gasteiger partial charge in [0, 0.05) is 24.4 Å². The van der Waals surface area contributed by atoms with E-state index in [4.69, 9.17) is 5.26 Å². The number of anilines is 1. The molecular formula is C20H15N5O2. The largest absolute Gasteiger partial charge is 0.381 e. The van der Waals surface area contributed by atoms with Crippen LogP contribution in [0.4, 0.5) is 22.7 Å². The third-order valence-electron chi connectivity index (χ3n) is 3.79. The highest BCUT2D eigenvalue weighted by molar-refractivity contribution is 5.58. The summed E-state index contributed by atoms with van der Waals surface area (Å²) in [5, 5.41) is 31.3. The van der Waals surface area contributed by atoms with Crippen molar-refractivity contribution in [2.45, 2.75) is 6.54 Å². The highest BCUT2D eigenvalue weighted by Crippen LogP contribution is 2.26. The lowest BCUT2D eigenvalue weighted by Gasteiger charge is -2.06. The molecular weight excluding hydrogens is 342 g/mol. The van der Waals surface area contributed by atoms with Gasteiger partial charge in [-0.3, -0.25) is 10.1 Å². The fourth-order valence-corrected chi connectivity index (χ4v) is 2.37. The fourth-order valence-electron chi connectivity index (χ4n) is 2.37.